The van der Waals surface area contributed by atoms with Crippen molar-refractivity contribution in [1.82, 2.24) is 0 Å². The molecule has 0 atom stereocenters. The lowest BCUT2D eigenvalue weighted by Gasteiger charge is -2.35. The van der Waals surface area contributed by atoms with Gasteiger partial charge in [0.15, 0.2) is 11.5 Å². The number of para-hydroxylation sites is 2. The molecule has 0 saturated heterocycles. The highest BCUT2D eigenvalue weighted by molar-refractivity contribution is 6.04. The zero-order valence-corrected chi connectivity index (χ0v) is 23.2. The molecule has 0 spiro atoms. The van der Waals surface area contributed by atoms with Crippen molar-refractivity contribution >= 4 is 45.3 Å². The van der Waals surface area contributed by atoms with Crippen LogP contribution in [0.5, 0.6) is 23.0 Å². The molecule has 6 aromatic rings. The molecular weight excluding hydrogens is 520 g/mol. The Morgan fingerprint density at radius 2 is 1.00 bits per heavy atom. The fourth-order valence-electron chi connectivity index (χ4n) is 5.81. The number of phenols is 2. The highest BCUT2D eigenvalue weighted by Gasteiger charge is 2.36. The van der Waals surface area contributed by atoms with E-state index in [0.717, 1.165) is 32.7 Å². The average Bonchev–Trinajstić information content (AvgIpc) is 3.00. The highest BCUT2D eigenvalue weighted by atomic mass is 16.5. The van der Waals surface area contributed by atoms with Gasteiger partial charge in [0.25, 0.3) is 0 Å². The fraction of sp³-hybridized carbons (Fsp3) is 0.0811. The molecule has 0 radical (unpaired) electrons. The summed E-state index contributed by atoms with van der Waals surface area (Å²) in [4.78, 5) is 9.65. The molecule has 204 valence electrons. The first-order valence-corrected chi connectivity index (χ1v) is 13.9. The van der Waals surface area contributed by atoms with Crippen LogP contribution in [0, 0.1) is 0 Å². The molecule has 5 nitrogen and oxygen atoms in total. The number of rotatable bonds is 4. The summed E-state index contributed by atoms with van der Waals surface area (Å²) in [6.07, 6.45) is 3.40. The molecule has 0 unspecified atom stereocenters. The maximum absolute atomic E-state index is 10.7. The van der Waals surface area contributed by atoms with Crippen molar-refractivity contribution in [2.45, 2.75) is 19.3 Å². The van der Waals surface area contributed by atoms with Gasteiger partial charge in [0.05, 0.1) is 0 Å². The van der Waals surface area contributed by atoms with Gasteiger partial charge in [0.2, 0.25) is 0 Å². The van der Waals surface area contributed by atoms with Gasteiger partial charge in [-0.3, -0.25) is 9.98 Å². The lowest BCUT2D eigenvalue weighted by Crippen LogP contribution is -2.24. The second-order valence-corrected chi connectivity index (χ2v) is 11.0. The van der Waals surface area contributed by atoms with Crippen LogP contribution in [0.15, 0.2) is 119 Å². The first-order valence-electron chi connectivity index (χ1n) is 13.9. The molecule has 7 rings (SSSR count). The number of hydrogen-bond donors (Lipinski definition) is 2. The zero-order valence-electron chi connectivity index (χ0n) is 23.2. The number of aromatic hydroxyl groups is 2. The normalized spacial score (nSPS) is 13.9. The Hall–Kier alpha value is -5.42. The lowest BCUT2D eigenvalue weighted by atomic mass is 9.75. The van der Waals surface area contributed by atoms with E-state index in [2.05, 4.69) is 26.0 Å². The minimum atomic E-state index is -0.386. The maximum atomic E-state index is 10.7. The Morgan fingerprint density at radius 1 is 0.548 bits per heavy atom. The quantitative estimate of drug-likeness (QED) is 0.216. The maximum Gasteiger partial charge on any atom is 0.157 e. The number of benzene rings is 6. The van der Waals surface area contributed by atoms with Crippen LogP contribution in [0.3, 0.4) is 0 Å². The molecule has 0 bridgehead atoms. The van der Waals surface area contributed by atoms with Gasteiger partial charge in [-0.25, -0.2) is 0 Å². The van der Waals surface area contributed by atoms with E-state index in [1.807, 2.05) is 84.9 Å². The minimum Gasteiger partial charge on any atom is -0.507 e. The van der Waals surface area contributed by atoms with E-state index in [9.17, 15) is 10.2 Å². The Morgan fingerprint density at radius 3 is 1.48 bits per heavy atom. The van der Waals surface area contributed by atoms with E-state index < -0.39 is 0 Å². The van der Waals surface area contributed by atoms with Crippen LogP contribution in [0.1, 0.15) is 36.1 Å². The Kier molecular flexibility index (Phi) is 6.02. The molecule has 1 heterocycles. The molecule has 5 heteroatoms. The molecule has 0 aromatic heterocycles. The summed E-state index contributed by atoms with van der Waals surface area (Å²) < 4.78 is 6.64. The van der Waals surface area contributed by atoms with Crippen LogP contribution in [-0.2, 0) is 5.41 Å². The molecule has 2 N–H and O–H groups in total. The molecule has 6 aromatic carbocycles. The minimum absolute atomic E-state index is 0.169. The fourth-order valence-corrected chi connectivity index (χ4v) is 5.81. The summed E-state index contributed by atoms with van der Waals surface area (Å²) in [5.74, 6) is 1.65. The number of nitrogens with zero attached hydrogens (tertiary/aromatic N) is 2. The Labute approximate surface area is 243 Å². The van der Waals surface area contributed by atoms with Crippen LogP contribution < -0.4 is 4.74 Å². The molecule has 0 saturated carbocycles. The third-order valence-corrected chi connectivity index (χ3v) is 8.10. The zero-order chi connectivity index (χ0) is 28.8. The van der Waals surface area contributed by atoms with E-state index in [1.54, 1.807) is 24.6 Å². The van der Waals surface area contributed by atoms with Crippen LogP contribution in [0.2, 0.25) is 0 Å². The van der Waals surface area contributed by atoms with Gasteiger partial charge < -0.3 is 14.9 Å². The highest BCUT2D eigenvalue weighted by Crippen LogP contribution is 2.54. The van der Waals surface area contributed by atoms with Gasteiger partial charge in [-0.2, -0.15) is 0 Å². The van der Waals surface area contributed by atoms with E-state index in [4.69, 9.17) is 14.7 Å². The molecule has 0 aliphatic carbocycles. The monoisotopic (exact) mass is 548 g/mol. The molecular formula is C37H28N2O3. The summed E-state index contributed by atoms with van der Waals surface area (Å²) in [5, 5.41) is 25.2. The average molecular weight is 549 g/mol. The number of ether oxygens (including phenoxy) is 1. The predicted octanol–water partition coefficient (Wildman–Crippen LogP) is 9.34. The third-order valence-electron chi connectivity index (χ3n) is 8.10. The summed E-state index contributed by atoms with van der Waals surface area (Å²) in [6.45, 7) is 4.34. The van der Waals surface area contributed by atoms with Crippen LogP contribution in [0.4, 0.5) is 11.4 Å². The summed E-state index contributed by atoms with van der Waals surface area (Å²) in [6, 6.07) is 34.9. The van der Waals surface area contributed by atoms with Gasteiger partial charge in [-0.1, -0.05) is 98.8 Å². The van der Waals surface area contributed by atoms with Crippen molar-refractivity contribution in [3.05, 3.63) is 131 Å². The van der Waals surface area contributed by atoms with Crippen molar-refractivity contribution in [3.63, 3.8) is 0 Å². The number of fused-ring (bicyclic) bond motifs is 4. The summed E-state index contributed by atoms with van der Waals surface area (Å²) in [5.41, 5.74) is 4.26. The standard InChI is InChI=1S/C37H28N2O3/c1-37(2)29-13-7-15-31(38-21-27-25-11-5-3-9-23(25)17-19-33(27)40)35(29)42-36-30(37)14-8-16-32(36)39-22-28-26-12-6-4-10-24(26)18-20-34(28)41/h3-22,40-41H,1-2H3. The second kappa shape index (κ2) is 9.89. The molecule has 1 aliphatic rings. The predicted molar refractivity (Wildman–Crippen MR) is 171 cm³/mol. The Bertz CT molecular complexity index is 1930. The summed E-state index contributed by atoms with van der Waals surface area (Å²) >= 11 is 0. The van der Waals surface area contributed by atoms with Crippen LogP contribution >= 0.6 is 0 Å². The van der Waals surface area contributed by atoms with Crippen LogP contribution in [-0.4, -0.2) is 22.6 Å². The van der Waals surface area contributed by atoms with Crippen molar-refractivity contribution in [1.29, 1.82) is 0 Å². The number of aliphatic imine (C=N–C) groups is 2. The summed E-state index contributed by atoms with van der Waals surface area (Å²) in [7, 11) is 0. The van der Waals surface area contributed by atoms with Crippen molar-refractivity contribution in [2.24, 2.45) is 9.98 Å². The van der Waals surface area contributed by atoms with E-state index >= 15 is 0 Å². The van der Waals surface area contributed by atoms with Gasteiger partial charge >= 0.3 is 0 Å². The molecule has 42 heavy (non-hydrogen) atoms. The van der Waals surface area contributed by atoms with Gasteiger partial charge in [0.1, 0.15) is 22.9 Å². The van der Waals surface area contributed by atoms with Crippen molar-refractivity contribution in [2.75, 3.05) is 0 Å². The van der Waals surface area contributed by atoms with E-state index in [1.165, 1.54) is 0 Å². The largest absolute Gasteiger partial charge is 0.507 e. The van der Waals surface area contributed by atoms with Crippen LogP contribution in [0.25, 0.3) is 21.5 Å². The second-order valence-electron chi connectivity index (χ2n) is 11.0. The first-order chi connectivity index (χ1) is 20.4. The smallest absolute Gasteiger partial charge is 0.157 e. The number of phenolic OH excluding ortho intramolecular Hbond substituents is 2. The van der Waals surface area contributed by atoms with Gasteiger partial charge in [0, 0.05) is 40.1 Å². The van der Waals surface area contributed by atoms with Gasteiger partial charge in [-0.05, 0) is 45.8 Å². The SMILES string of the molecule is CC1(C)c2cccc(N=Cc3c(O)ccc4ccccc34)c2Oc2c(N=Cc3c(O)ccc4ccccc34)cccc21. The van der Waals surface area contributed by atoms with Crippen molar-refractivity contribution in [3.8, 4) is 23.0 Å². The van der Waals surface area contributed by atoms with Gasteiger partial charge in [-0.15, -0.1) is 0 Å². The van der Waals surface area contributed by atoms with Crippen molar-refractivity contribution < 1.29 is 14.9 Å². The Balaban J connectivity index is 1.32. The molecule has 0 fully saturated rings. The lowest BCUT2D eigenvalue weighted by molar-refractivity contribution is 0.420. The topological polar surface area (TPSA) is 74.4 Å². The number of hydrogen-bond acceptors (Lipinski definition) is 5. The first kappa shape index (κ1) is 25.5. The molecule has 1 aliphatic heterocycles. The molecule has 0 amide bonds. The third kappa shape index (κ3) is 4.18. The van der Waals surface area contributed by atoms with E-state index in [0.29, 0.717) is 34.0 Å². The van der Waals surface area contributed by atoms with E-state index in [-0.39, 0.29) is 16.9 Å².